The van der Waals surface area contributed by atoms with E-state index in [4.69, 9.17) is 4.74 Å². The summed E-state index contributed by atoms with van der Waals surface area (Å²) in [5, 5.41) is 0. The zero-order valence-electron chi connectivity index (χ0n) is 9.43. The Morgan fingerprint density at radius 2 is 2.00 bits per heavy atom. The molecule has 82 valence electrons. The van der Waals surface area contributed by atoms with Crippen LogP contribution >= 0.6 is 0 Å². The molecule has 1 aromatic rings. The summed E-state index contributed by atoms with van der Waals surface area (Å²) in [7, 11) is -3.18. The third-order valence-corrected chi connectivity index (χ3v) is 2.67. The molecule has 0 saturated carbocycles. The van der Waals surface area contributed by atoms with Crippen LogP contribution in [0.3, 0.4) is 0 Å². The van der Waals surface area contributed by atoms with Gasteiger partial charge in [-0.25, -0.2) is 8.42 Å². The van der Waals surface area contributed by atoms with Crippen molar-refractivity contribution < 1.29 is 47.3 Å². The van der Waals surface area contributed by atoms with Gasteiger partial charge in [-0.15, -0.1) is 0 Å². The molecule has 0 aliphatic heterocycles. The average Bonchev–Trinajstić information content (AvgIpc) is 2.17. The second-order valence-corrected chi connectivity index (χ2v) is 4.21. The van der Waals surface area contributed by atoms with Crippen molar-refractivity contribution in [1.29, 1.82) is 0 Å². The maximum atomic E-state index is 10.9. The van der Waals surface area contributed by atoms with Crippen LogP contribution in [-0.2, 0) is 10.1 Å². The summed E-state index contributed by atoms with van der Waals surface area (Å²) in [6.45, 7) is 1.80. The van der Waals surface area contributed by atoms with E-state index in [1.807, 2.05) is 0 Å². The topological polar surface area (TPSA) is 66.4 Å². The molecule has 6 heteroatoms. The van der Waals surface area contributed by atoms with Crippen LogP contribution in [0.15, 0.2) is 29.2 Å². The van der Waals surface area contributed by atoms with Crippen molar-refractivity contribution >= 4 is 16.2 Å². The van der Waals surface area contributed by atoms with Gasteiger partial charge in [-0.2, -0.15) is 0 Å². The predicted molar refractivity (Wildman–Crippen MR) is 55.7 cm³/mol. The number of rotatable bonds is 3. The maximum absolute atomic E-state index is 10.9. The Balaban J connectivity index is 0.00000225. The minimum atomic E-state index is -4.50. The monoisotopic (exact) mass is 250 g/mol. The number of allylic oxidation sites excluding steroid dienone is 1. The first-order chi connectivity index (χ1) is 6.99. The molecule has 1 rings (SSSR count). The number of benzene rings is 1. The third-order valence-electron chi connectivity index (χ3n) is 1.82. The van der Waals surface area contributed by atoms with E-state index in [0.29, 0.717) is 5.56 Å². The van der Waals surface area contributed by atoms with E-state index in [9.17, 15) is 13.0 Å². The molecule has 4 nitrogen and oxygen atoms in total. The average molecular weight is 250 g/mol. The standard InChI is InChI=1S/C10H12O4S.Na/c1-3-4-8-5-6-9(14-2)10(7-8)15(11,12)13;/h3-7H,1-2H3,(H,11,12,13);/q;+1/p-1/b4-3+;. The SMILES string of the molecule is C/C=C/c1ccc(OC)c(S(=O)(=O)[O-])c1.[Na+]. The first-order valence-electron chi connectivity index (χ1n) is 4.25. The quantitative estimate of drug-likeness (QED) is 0.491. The van der Waals surface area contributed by atoms with Crippen LogP contribution in [0.5, 0.6) is 5.75 Å². The minimum Gasteiger partial charge on any atom is -0.744 e. The number of hydrogen-bond acceptors (Lipinski definition) is 4. The van der Waals surface area contributed by atoms with Gasteiger partial charge in [0, 0.05) is 0 Å². The molecule has 0 spiro atoms. The van der Waals surface area contributed by atoms with E-state index in [0.717, 1.165) is 0 Å². The summed E-state index contributed by atoms with van der Waals surface area (Å²) in [6.07, 6.45) is 3.46. The van der Waals surface area contributed by atoms with E-state index >= 15 is 0 Å². The fraction of sp³-hybridized carbons (Fsp3) is 0.200. The van der Waals surface area contributed by atoms with Gasteiger partial charge in [0.15, 0.2) is 0 Å². The largest absolute Gasteiger partial charge is 1.00 e. The van der Waals surface area contributed by atoms with Gasteiger partial charge in [-0.3, -0.25) is 0 Å². The third kappa shape index (κ3) is 3.92. The summed E-state index contributed by atoms with van der Waals surface area (Å²) >= 11 is 0. The predicted octanol–water partition coefficient (Wildman–Crippen LogP) is -1.36. The Hall–Kier alpha value is -0.330. The summed E-state index contributed by atoms with van der Waals surface area (Å²) in [5.74, 6) is 0.0678. The van der Waals surface area contributed by atoms with Gasteiger partial charge in [0.25, 0.3) is 0 Å². The molecular formula is C10H11NaO4S. The Morgan fingerprint density at radius 3 is 2.44 bits per heavy atom. The van der Waals surface area contributed by atoms with Gasteiger partial charge < -0.3 is 9.29 Å². The van der Waals surface area contributed by atoms with Crippen molar-refractivity contribution in [2.24, 2.45) is 0 Å². The van der Waals surface area contributed by atoms with E-state index in [-0.39, 0.29) is 40.2 Å². The molecule has 0 heterocycles. The molecule has 0 radical (unpaired) electrons. The molecule has 0 fully saturated rings. The summed E-state index contributed by atoms with van der Waals surface area (Å²) in [5.41, 5.74) is 0.646. The van der Waals surface area contributed by atoms with Crippen LogP contribution < -0.4 is 34.3 Å². The number of methoxy groups -OCH3 is 1. The first kappa shape index (κ1) is 15.7. The molecular weight excluding hydrogens is 239 g/mol. The van der Waals surface area contributed by atoms with Crippen molar-refractivity contribution in [3.63, 3.8) is 0 Å². The molecule has 1 aromatic carbocycles. The second-order valence-electron chi connectivity index (χ2n) is 2.86. The van der Waals surface area contributed by atoms with Crippen molar-refractivity contribution in [1.82, 2.24) is 0 Å². The van der Waals surface area contributed by atoms with E-state index in [1.54, 1.807) is 25.1 Å². The van der Waals surface area contributed by atoms with Crippen LogP contribution in [0.1, 0.15) is 12.5 Å². The Bertz CT molecular complexity index is 480. The van der Waals surface area contributed by atoms with Crippen LogP contribution in [0.25, 0.3) is 6.08 Å². The van der Waals surface area contributed by atoms with Crippen molar-refractivity contribution in [2.75, 3.05) is 7.11 Å². The van der Waals surface area contributed by atoms with E-state index in [2.05, 4.69) is 0 Å². The second kappa shape index (κ2) is 6.42. The van der Waals surface area contributed by atoms with E-state index in [1.165, 1.54) is 19.2 Å². The molecule has 0 aliphatic carbocycles. The molecule has 0 saturated heterocycles. The molecule has 0 unspecified atom stereocenters. The van der Waals surface area contributed by atoms with Gasteiger partial charge in [-0.05, 0) is 24.6 Å². The van der Waals surface area contributed by atoms with Crippen LogP contribution in [0.2, 0.25) is 0 Å². The molecule has 0 bridgehead atoms. The summed E-state index contributed by atoms with van der Waals surface area (Å²) in [6, 6.07) is 4.43. The van der Waals surface area contributed by atoms with Crippen molar-refractivity contribution in [3.8, 4) is 5.75 Å². The van der Waals surface area contributed by atoms with Gasteiger partial charge in [0.05, 0.1) is 12.0 Å². The van der Waals surface area contributed by atoms with Gasteiger partial charge in [0.2, 0.25) is 0 Å². The Kier molecular flexibility index (Phi) is 6.28. The molecule has 16 heavy (non-hydrogen) atoms. The normalized spacial score (nSPS) is 11.2. The van der Waals surface area contributed by atoms with Gasteiger partial charge >= 0.3 is 29.6 Å². The molecule has 0 aromatic heterocycles. The molecule has 0 aliphatic rings. The fourth-order valence-corrected chi connectivity index (χ4v) is 1.86. The Morgan fingerprint density at radius 1 is 1.38 bits per heavy atom. The molecule has 0 amide bonds. The van der Waals surface area contributed by atoms with Crippen molar-refractivity contribution in [3.05, 3.63) is 29.8 Å². The summed E-state index contributed by atoms with van der Waals surface area (Å²) in [4.78, 5) is -0.333. The van der Waals surface area contributed by atoms with Crippen LogP contribution in [0.4, 0.5) is 0 Å². The fourth-order valence-electron chi connectivity index (χ4n) is 1.18. The van der Waals surface area contributed by atoms with Gasteiger partial charge in [-0.1, -0.05) is 18.2 Å². The first-order valence-corrected chi connectivity index (χ1v) is 5.66. The smallest absolute Gasteiger partial charge is 0.744 e. The number of ether oxygens (including phenoxy) is 1. The van der Waals surface area contributed by atoms with Gasteiger partial charge in [0.1, 0.15) is 15.9 Å². The Labute approximate surface area is 117 Å². The molecule has 0 N–H and O–H groups in total. The zero-order valence-corrected chi connectivity index (χ0v) is 12.2. The summed E-state index contributed by atoms with van der Waals surface area (Å²) < 4.78 is 37.5. The van der Waals surface area contributed by atoms with Crippen molar-refractivity contribution in [2.45, 2.75) is 11.8 Å². The van der Waals surface area contributed by atoms with Crippen LogP contribution in [-0.4, -0.2) is 20.1 Å². The van der Waals surface area contributed by atoms with E-state index < -0.39 is 10.1 Å². The zero-order chi connectivity index (χ0) is 11.5. The molecule has 0 atom stereocenters. The maximum Gasteiger partial charge on any atom is 1.00 e. The number of hydrogen-bond donors (Lipinski definition) is 0. The minimum absolute atomic E-state index is 0. The van der Waals surface area contributed by atoms with Crippen LogP contribution in [0, 0.1) is 0 Å².